The lowest BCUT2D eigenvalue weighted by atomic mass is 10.0. The lowest BCUT2D eigenvalue weighted by molar-refractivity contribution is -0.137. The second-order valence-electron chi connectivity index (χ2n) is 6.68. The number of nitrogens with zero attached hydrogens (tertiary/aromatic N) is 3. The molecular formula is C20H18N4O2S. The number of nitrogen functional groups attached to an aromatic ring is 1. The lowest BCUT2D eigenvalue weighted by Crippen LogP contribution is -2.37. The van der Waals surface area contributed by atoms with Gasteiger partial charge in [-0.2, -0.15) is 0 Å². The van der Waals surface area contributed by atoms with Crippen molar-refractivity contribution in [2.45, 2.75) is 18.9 Å². The number of nitrogens with two attached hydrogens (primary N) is 1. The van der Waals surface area contributed by atoms with E-state index in [9.17, 15) is 9.90 Å². The number of likely N-dealkylation sites (tertiary alicyclic amines) is 1. The van der Waals surface area contributed by atoms with E-state index in [0.29, 0.717) is 24.3 Å². The third-order valence-corrected chi connectivity index (χ3v) is 5.78. The summed E-state index contributed by atoms with van der Waals surface area (Å²) in [4.78, 5) is 22.3. The maximum Gasteiger partial charge on any atom is 0.267 e. The molecule has 1 saturated heterocycles. The van der Waals surface area contributed by atoms with E-state index in [2.05, 4.69) is 21.8 Å². The molecule has 0 spiro atoms. The highest BCUT2D eigenvalue weighted by Gasteiger charge is 2.42. The van der Waals surface area contributed by atoms with Gasteiger partial charge >= 0.3 is 0 Å². The number of anilines is 1. The van der Waals surface area contributed by atoms with Gasteiger partial charge in [-0.3, -0.25) is 4.79 Å². The second-order valence-corrected chi connectivity index (χ2v) is 7.71. The van der Waals surface area contributed by atoms with Crippen LogP contribution in [0.1, 0.15) is 17.5 Å². The van der Waals surface area contributed by atoms with E-state index in [0.717, 1.165) is 26.4 Å². The van der Waals surface area contributed by atoms with Gasteiger partial charge in [0, 0.05) is 37.3 Å². The highest BCUT2D eigenvalue weighted by atomic mass is 32.1. The molecule has 3 N–H and O–H groups in total. The summed E-state index contributed by atoms with van der Waals surface area (Å²) in [6.07, 6.45) is 1.99. The molecule has 0 unspecified atom stereocenters. The minimum Gasteiger partial charge on any atom is -0.382 e. The van der Waals surface area contributed by atoms with Crippen molar-refractivity contribution in [3.8, 4) is 22.4 Å². The predicted molar refractivity (Wildman–Crippen MR) is 106 cm³/mol. The summed E-state index contributed by atoms with van der Waals surface area (Å²) in [5.41, 5.74) is 7.74. The highest BCUT2D eigenvalue weighted by molar-refractivity contribution is 7.21. The number of hydrogen-bond donors (Lipinski definition) is 2. The van der Waals surface area contributed by atoms with Crippen LogP contribution in [0.3, 0.4) is 0 Å². The normalized spacial score (nSPS) is 19.4. The number of pyridine rings is 1. The summed E-state index contributed by atoms with van der Waals surface area (Å²) in [5.74, 6) is 5.77. The Morgan fingerprint density at radius 3 is 2.89 bits per heavy atom. The van der Waals surface area contributed by atoms with Crippen LogP contribution in [0, 0.1) is 18.8 Å². The molecule has 1 atom stereocenters. The Balaban J connectivity index is 1.73. The SMILES string of the molecule is Cc1ccc(C#C[C@]2(O)CCN(C)C2=O)cc1-c1nc2c(N)nccc2s1. The number of aromatic nitrogens is 2. The van der Waals surface area contributed by atoms with Gasteiger partial charge in [0.15, 0.2) is 5.82 Å². The van der Waals surface area contributed by atoms with Crippen molar-refractivity contribution < 1.29 is 9.90 Å². The van der Waals surface area contributed by atoms with Crippen LogP contribution in [-0.4, -0.2) is 45.1 Å². The standard InChI is InChI=1S/C20H18N4O2S/c1-12-3-4-13(5-7-20(26)8-10-24(2)19(20)25)11-14(12)18-23-16-15(27-18)6-9-22-17(16)21/h3-4,6,9,11,26H,8,10H2,1-2H3,(H2,21,22)/t20-/m0/s1. The van der Waals surface area contributed by atoms with Crippen molar-refractivity contribution in [2.75, 3.05) is 19.3 Å². The van der Waals surface area contributed by atoms with Gasteiger partial charge in [-0.15, -0.1) is 11.3 Å². The molecule has 2 aromatic heterocycles. The van der Waals surface area contributed by atoms with Crippen molar-refractivity contribution in [3.05, 3.63) is 41.6 Å². The number of likely N-dealkylation sites (N-methyl/N-ethyl adjacent to an activating group) is 1. The minimum atomic E-state index is -1.60. The zero-order chi connectivity index (χ0) is 19.2. The monoisotopic (exact) mass is 378 g/mol. The van der Waals surface area contributed by atoms with E-state index in [1.807, 2.05) is 31.2 Å². The largest absolute Gasteiger partial charge is 0.382 e. The molecule has 1 aliphatic rings. The Kier molecular flexibility index (Phi) is 4.10. The minimum absolute atomic E-state index is 0.318. The Morgan fingerprint density at radius 2 is 2.19 bits per heavy atom. The number of carbonyl (C=O) groups is 1. The van der Waals surface area contributed by atoms with E-state index < -0.39 is 5.60 Å². The Labute approximate surface area is 160 Å². The van der Waals surface area contributed by atoms with Crippen LogP contribution >= 0.6 is 11.3 Å². The first-order valence-corrected chi connectivity index (χ1v) is 9.32. The summed E-state index contributed by atoms with van der Waals surface area (Å²) < 4.78 is 0.974. The number of aryl methyl sites for hydroxylation is 1. The molecule has 3 heterocycles. The highest BCUT2D eigenvalue weighted by Crippen LogP contribution is 2.34. The summed E-state index contributed by atoms with van der Waals surface area (Å²) in [6, 6.07) is 7.65. The van der Waals surface area contributed by atoms with Gasteiger partial charge in [-0.25, -0.2) is 9.97 Å². The Hall–Kier alpha value is -2.95. The molecule has 0 saturated carbocycles. The van der Waals surface area contributed by atoms with Crippen LogP contribution in [-0.2, 0) is 4.79 Å². The first-order valence-electron chi connectivity index (χ1n) is 8.50. The zero-order valence-corrected chi connectivity index (χ0v) is 15.8. The molecule has 3 aromatic rings. The molecule has 0 radical (unpaired) electrons. The molecule has 6 nitrogen and oxygen atoms in total. The fourth-order valence-electron chi connectivity index (χ4n) is 3.07. The third-order valence-electron chi connectivity index (χ3n) is 4.73. The topological polar surface area (TPSA) is 92.3 Å². The van der Waals surface area contributed by atoms with E-state index in [1.54, 1.807) is 24.6 Å². The first kappa shape index (κ1) is 17.5. The number of amides is 1. The van der Waals surface area contributed by atoms with Crippen molar-refractivity contribution in [2.24, 2.45) is 0 Å². The maximum atomic E-state index is 12.1. The summed E-state index contributed by atoms with van der Waals surface area (Å²) in [5, 5.41) is 11.3. The molecule has 1 aromatic carbocycles. The first-order chi connectivity index (χ1) is 12.9. The van der Waals surface area contributed by atoms with Crippen LogP contribution in [0.25, 0.3) is 20.8 Å². The van der Waals surface area contributed by atoms with Crippen LogP contribution in [0.2, 0.25) is 0 Å². The van der Waals surface area contributed by atoms with E-state index in [4.69, 9.17) is 5.73 Å². The predicted octanol–water partition coefficient (Wildman–Crippen LogP) is 2.19. The molecule has 1 amide bonds. The molecule has 1 fully saturated rings. The van der Waals surface area contributed by atoms with Crippen molar-refractivity contribution >= 4 is 33.3 Å². The van der Waals surface area contributed by atoms with Crippen LogP contribution in [0.15, 0.2) is 30.5 Å². The summed E-state index contributed by atoms with van der Waals surface area (Å²) in [6.45, 7) is 2.51. The molecule has 0 bridgehead atoms. The molecule has 7 heteroatoms. The molecule has 0 aliphatic carbocycles. The quantitative estimate of drug-likeness (QED) is 0.633. The maximum absolute atomic E-state index is 12.1. The van der Waals surface area contributed by atoms with Crippen LogP contribution < -0.4 is 5.73 Å². The van der Waals surface area contributed by atoms with Gasteiger partial charge in [0.05, 0.1) is 4.70 Å². The molecule has 1 aliphatic heterocycles. The smallest absolute Gasteiger partial charge is 0.267 e. The van der Waals surface area contributed by atoms with Crippen molar-refractivity contribution in [3.63, 3.8) is 0 Å². The lowest BCUT2D eigenvalue weighted by Gasteiger charge is -2.13. The number of thiazole rings is 1. The fraction of sp³-hybridized carbons (Fsp3) is 0.250. The second kappa shape index (κ2) is 6.34. The zero-order valence-electron chi connectivity index (χ0n) is 15.0. The Morgan fingerprint density at radius 1 is 1.37 bits per heavy atom. The van der Waals surface area contributed by atoms with Crippen LogP contribution in [0.4, 0.5) is 5.82 Å². The number of aliphatic hydroxyl groups is 1. The molecule has 4 rings (SSSR count). The van der Waals surface area contributed by atoms with E-state index in [-0.39, 0.29) is 5.91 Å². The van der Waals surface area contributed by atoms with Crippen molar-refractivity contribution in [1.82, 2.24) is 14.9 Å². The van der Waals surface area contributed by atoms with E-state index in [1.165, 1.54) is 4.90 Å². The van der Waals surface area contributed by atoms with Gasteiger partial charge in [-0.1, -0.05) is 17.9 Å². The van der Waals surface area contributed by atoms with Crippen LogP contribution in [0.5, 0.6) is 0 Å². The molecule has 136 valence electrons. The fourth-order valence-corrected chi connectivity index (χ4v) is 4.12. The van der Waals surface area contributed by atoms with Crippen molar-refractivity contribution in [1.29, 1.82) is 0 Å². The summed E-state index contributed by atoms with van der Waals surface area (Å²) >= 11 is 1.54. The number of rotatable bonds is 1. The van der Waals surface area contributed by atoms with Gasteiger partial charge in [-0.05, 0) is 30.7 Å². The third kappa shape index (κ3) is 3.03. The van der Waals surface area contributed by atoms with Gasteiger partial charge in [0.25, 0.3) is 5.91 Å². The molecular weight excluding hydrogens is 360 g/mol. The van der Waals surface area contributed by atoms with E-state index >= 15 is 0 Å². The summed E-state index contributed by atoms with van der Waals surface area (Å²) in [7, 11) is 1.67. The number of hydrogen-bond acceptors (Lipinski definition) is 6. The van der Waals surface area contributed by atoms with Gasteiger partial charge < -0.3 is 15.7 Å². The number of fused-ring (bicyclic) bond motifs is 1. The average Bonchev–Trinajstić information content (AvgIpc) is 3.20. The van der Waals surface area contributed by atoms with Gasteiger partial charge in [0.1, 0.15) is 10.5 Å². The number of carbonyl (C=O) groups excluding carboxylic acids is 1. The molecule has 27 heavy (non-hydrogen) atoms. The Bertz CT molecular complexity index is 1130. The van der Waals surface area contributed by atoms with Gasteiger partial charge in [0.2, 0.25) is 5.60 Å². The average molecular weight is 378 g/mol. The number of benzene rings is 1.